The number of likely N-dealkylation sites (tertiary alicyclic amines) is 1. The molecule has 2 aromatic carbocycles. The summed E-state index contributed by atoms with van der Waals surface area (Å²) >= 11 is 6.08. The molecule has 1 amide bonds. The van der Waals surface area contributed by atoms with Crippen LogP contribution in [0.1, 0.15) is 55.3 Å². The Bertz CT molecular complexity index is 1090. The number of aliphatic hydroxyl groups excluding tert-OH is 1. The summed E-state index contributed by atoms with van der Waals surface area (Å²) in [6.07, 6.45) is 4.62. The van der Waals surface area contributed by atoms with Gasteiger partial charge in [0.15, 0.2) is 0 Å². The van der Waals surface area contributed by atoms with Crippen LogP contribution in [0, 0.1) is 0 Å². The summed E-state index contributed by atoms with van der Waals surface area (Å²) in [6, 6.07) is 11.9. The summed E-state index contributed by atoms with van der Waals surface area (Å²) in [7, 11) is 0. The fraction of sp³-hybridized carbons (Fsp3) is 0.360. The maximum Gasteiger partial charge on any atom is 0.295 e. The maximum absolute atomic E-state index is 13.2. The number of hydrogen-bond acceptors (Lipinski definition) is 4. The van der Waals surface area contributed by atoms with Crippen molar-refractivity contribution in [3.63, 3.8) is 0 Å². The van der Waals surface area contributed by atoms with Crippen LogP contribution in [0.3, 0.4) is 0 Å². The lowest BCUT2D eigenvalue weighted by Gasteiger charge is -2.30. The van der Waals surface area contributed by atoms with Gasteiger partial charge in [-0.2, -0.15) is 0 Å². The molecule has 6 heteroatoms. The minimum Gasteiger partial charge on any atom is -0.507 e. The van der Waals surface area contributed by atoms with Crippen LogP contribution < -0.4 is 4.74 Å². The first-order chi connectivity index (χ1) is 14.9. The third-order valence-corrected chi connectivity index (χ3v) is 6.81. The van der Waals surface area contributed by atoms with Gasteiger partial charge in [0.2, 0.25) is 0 Å². The zero-order valence-corrected chi connectivity index (χ0v) is 18.1. The van der Waals surface area contributed by atoms with E-state index in [0.29, 0.717) is 10.6 Å². The lowest BCUT2D eigenvalue weighted by Crippen LogP contribution is -2.37. The highest BCUT2D eigenvalue weighted by Gasteiger charge is 2.49. The number of amides is 1. The Morgan fingerprint density at radius 3 is 2.52 bits per heavy atom. The van der Waals surface area contributed by atoms with Crippen molar-refractivity contribution in [1.82, 2.24) is 4.90 Å². The fourth-order valence-electron chi connectivity index (χ4n) is 5.11. The van der Waals surface area contributed by atoms with Gasteiger partial charge in [0.05, 0.1) is 11.6 Å². The van der Waals surface area contributed by atoms with E-state index in [-0.39, 0.29) is 23.5 Å². The lowest BCUT2D eigenvalue weighted by molar-refractivity contribution is -0.141. The van der Waals surface area contributed by atoms with E-state index >= 15 is 0 Å². The Labute approximate surface area is 186 Å². The molecule has 2 unspecified atom stereocenters. The van der Waals surface area contributed by atoms with E-state index in [0.717, 1.165) is 49.0 Å². The van der Waals surface area contributed by atoms with Crippen molar-refractivity contribution in [3.8, 4) is 5.75 Å². The van der Waals surface area contributed by atoms with Gasteiger partial charge >= 0.3 is 0 Å². The maximum atomic E-state index is 13.2. The normalized spacial score (nSPS) is 25.2. The summed E-state index contributed by atoms with van der Waals surface area (Å²) < 4.78 is 5.75. The predicted octanol–water partition coefficient (Wildman–Crippen LogP) is 5.03. The number of rotatable bonds is 3. The summed E-state index contributed by atoms with van der Waals surface area (Å²) in [4.78, 5) is 28.0. The van der Waals surface area contributed by atoms with Crippen molar-refractivity contribution in [2.45, 2.75) is 57.2 Å². The molecule has 1 N–H and O–H groups in total. The van der Waals surface area contributed by atoms with Crippen molar-refractivity contribution >= 4 is 29.1 Å². The Morgan fingerprint density at radius 1 is 1.10 bits per heavy atom. The molecule has 160 valence electrons. The molecule has 2 atom stereocenters. The molecule has 2 fully saturated rings. The Hall–Kier alpha value is -2.79. The number of fused-ring (bicyclic) bond motifs is 1. The average molecular weight is 438 g/mol. The highest BCUT2D eigenvalue weighted by molar-refractivity contribution is 6.46. The summed E-state index contributed by atoms with van der Waals surface area (Å²) in [6.45, 7) is 1.99. The first-order valence-electron chi connectivity index (χ1n) is 10.8. The molecular formula is C25H24ClNO4. The summed E-state index contributed by atoms with van der Waals surface area (Å²) in [5.41, 5.74) is 2.44. The first-order valence-corrected chi connectivity index (χ1v) is 11.2. The number of nitrogens with zero attached hydrogens (tertiary/aromatic N) is 1. The largest absolute Gasteiger partial charge is 0.507 e. The quantitative estimate of drug-likeness (QED) is 0.415. The molecule has 0 spiro atoms. The topological polar surface area (TPSA) is 66.8 Å². The van der Waals surface area contributed by atoms with Crippen LogP contribution >= 0.6 is 11.6 Å². The summed E-state index contributed by atoms with van der Waals surface area (Å²) in [5, 5.41) is 11.8. The number of hydrogen-bond donors (Lipinski definition) is 1. The molecule has 0 radical (unpaired) electrons. The zero-order valence-electron chi connectivity index (χ0n) is 17.3. The second-order valence-corrected chi connectivity index (χ2v) is 9.09. The third kappa shape index (κ3) is 3.41. The second kappa shape index (κ2) is 7.72. The van der Waals surface area contributed by atoms with Gasteiger partial charge in [-0.3, -0.25) is 9.59 Å². The molecule has 2 heterocycles. The van der Waals surface area contributed by atoms with Gasteiger partial charge in [0.1, 0.15) is 17.6 Å². The molecule has 2 aromatic rings. The van der Waals surface area contributed by atoms with E-state index in [1.54, 1.807) is 23.1 Å². The fourth-order valence-corrected chi connectivity index (χ4v) is 5.23. The number of carbonyl (C=O) groups excluding carboxylic acids is 2. The van der Waals surface area contributed by atoms with Gasteiger partial charge in [0.25, 0.3) is 11.7 Å². The van der Waals surface area contributed by atoms with Crippen LogP contribution in [0.2, 0.25) is 5.02 Å². The molecule has 0 aromatic heterocycles. The van der Waals surface area contributed by atoms with Crippen LogP contribution in [0.5, 0.6) is 5.75 Å². The van der Waals surface area contributed by atoms with Crippen molar-refractivity contribution in [3.05, 3.63) is 69.8 Å². The second-order valence-electron chi connectivity index (χ2n) is 8.65. The van der Waals surface area contributed by atoms with Crippen LogP contribution in [0.15, 0.2) is 48.0 Å². The molecule has 31 heavy (non-hydrogen) atoms. The van der Waals surface area contributed by atoms with E-state index in [1.807, 2.05) is 31.2 Å². The Kier molecular flexibility index (Phi) is 5.01. The standard InChI is InChI=1S/C25H24ClNO4/c1-14-12-17-13-16(8-11-20(17)31-14)23(28)21-22(15-6-9-18(26)10-7-15)27(25(30)24(21)29)19-4-2-3-5-19/h6-11,13-14,19,22,28H,2-5,12H2,1H3/b23-21-. The van der Waals surface area contributed by atoms with E-state index in [4.69, 9.17) is 16.3 Å². The van der Waals surface area contributed by atoms with Gasteiger partial charge in [-0.1, -0.05) is 36.6 Å². The zero-order chi connectivity index (χ0) is 21.7. The van der Waals surface area contributed by atoms with E-state index in [9.17, 15) is 14.7 Å². The van der Waals surface area contributed by atoms with Gasteiger partial charge in [-0.15, -0.1) is 0 Å². The third-order valence-electron chi connectivity index (χ3n) is 6.55. The Morgan fingerprint density at radius 2 is 1.81 bits per heavy atom. The molecule has 5 nitrogen and oxygen atoms in total. The average Bonchev–Trinajstić information content (AvgIpc) is 3.46. The highest BCUT2D eigenvalue weighted by atomic mass is 35.5. The van der Waals surface area contributed by atoms with Crippen molar-refractivity contribution in [1.29, 1.82) is 0 Å². The molecule has 3 aliphatic rings. The van der Waals surface area contributed by atoms with Crippen LogP contribution in [0.25, 0.3) is 5.76 Å². The molecule has 1 aliphatic carbocycles. The van der Waals surface area contributed by atoms with Crippen LogP contribution in [0.4, 0.5) is 0 Å². The monoisotopic (exact) mass is 437 g/mol. The van der Waals surface area contributed by atoms with Crippen molar-refractivity contribution in [2.75, 3.05) is 0 Å². The number of carbonyl (C=O) groups is 2. The van der Waals surface area contributed by atoms with Gasteiger partial charge < -0.3 is 14.7 Å². The first kappa shape index (κ1) is 20.1. The van der Waals surface area contributed by atoms with Gasteiger partial charge in [-0.25, -0.2) is 0 Å². The molecule has 1 saturated carbocycles. The minimum absolute atomic E-state index is 0.00306. The van der Waals surface area contributed by atoms with E-state index in [1.165, 1.54) is 0 Å². The SMILES string of the molecule is CC1Cc2cc(/C(O)=C3/C(=O)C(=O)N(C4CCCC4)C3c3ccc(Cl)cc3)ccc2O1. The summed E-state index contributed by atoms with van der Waals surface area (Å²) in [5.74, 6) is -0.508. The molecule has 1 saturated heterocycles. The number of ketones is 1. The van der Waals surface area contributed by atoms with E-state index < -0.39 is 17.7 Å². The molecule has 5 rings (SSSR count). The molecule has 2 aliphatic heterocycles. The van der Waals surface area contributed by atoms with Gasteiger partial charge in [-0.05, 0) is 61.2 Å². The van der Waals surface area contributed by atoms with E-state index in [2.05, 4.69) is 0 Å². The lowest BCUT2D eigenvalue weighted by atomic mass is 9.94. The van der Waals surface area contributed by atoms with Crippen molar-refractivity contribution in [2.24, 2.45) is 0 Å². The predicted molar refractivity (Wildman–Crippen MR) is 118 cm³/mol. The number of ether oxygens (including phenoxy) is 1. The smallest absolute Gasteiger partial charge is 0.295 e. The number of aliphatic hydroxyl groups is 1. The number of Topliss-reactive ketones (excluding diaryl/α,β-unsaturated/α-hetero) is 1. The van der Waals surface area contributed by atoms with Crippen molar-refractivity contribution < 1.29 is 19.4 Å². The molecule has 0 bridgehead atoms. The van der Waals surface area contributed by atoms with Crippen LogP contribution in [-0.2, 0) is 16.0 Å². The molecular weight excluding hydrogens is 414 g/mol. The number of benzene rings is 2. The highest BCUT2D eigenvalue weighted by Crippen LogP contribution is 2.44. The van der Waals surface area contributed by atoms with Crippen LogP contribution in [-0.4, -0.2) is 33.8 Å². The van der Waals surface area contributed by atoms with Gasteiger partial charge in [0, 0.05) is 23.0 Å². The number of halogens is 1. The Balaban J connectivity index is 1.64. The minimum atomic E-state index is -0.630.